The number of carbonyl (C=O) groups is 2. The van der Waals surface area contributed by atoms with Crippen LogP contribution in [0, 0.1) is 0 Å². The zero-order valence-corrected chi connectivity index (χ0v) is 9.00. The van der Waals surface area contributed by atoms with E-state index in [2.05, 4.69) is 0 Å². The fourth-order valence-electron chi connectivity index (χ4n) is 0.971. The number of nitrogens with two attached hydrogens (primary N) is 1. The first kappa shape index (κ1) is 12.5. The van der Waals surface area contributed by atoms with Crippen molar-refractivity contribution in [3.05, 3.63) is 54.5 Å². The van der Waals surface area contributed by atoms with Crippen molar-refractivity contribution in [3.8, 4) is 0 Å². The Morgan fingerprint density at radius 2 is 2.00 bits per heavy atom. The lowest BCUT2D eigenvalue weighted by Gasteiger charge is -1.91. The molecule has 0 bridgehead atoms. The molecule has 3 amide bonds. The summed E-state index contributed by atoms with van der Waals surface area (Å²) in [5.74, 6) is 0.183. The summed E-state index contributed by atoms with van der Waals surface area (Å²) < 4.78 is 5.07. The van der Waals surface area contributed by atoms with Crippen LogP contribution in [0.15, 0.2) is 53.2 Å². The molecule has 0 aliphatic rings. The molecule has 0 radical (unpaired) electrons. The molecule has 1 rings (SSSR count). The van der Waals surface area contributed by atoms with Crippen LogP contribution < -0.4 is 11.1 Å². The maximum absolute atomic E-state index is 10.9. The van der Waals surface area contributed by atoms with Gasteiger partial charge in [0.25, 0.3) is 5.91 Å². The molecular formula is C12H12N2O3. The summed E-state index contributed by atoms with van der Waals surface area (Å²) in [5, 5.41) is 1.90. The van der Waals surface area contributed by atoms with Gasteiger partial charge in [-0.05, 0) is 18.2 Å². The first-order valence-electron chi connectivity index (χ1n) is 4.84. The molecule has 5 nitrogen and oxygen atoms in total. The van der Waals surface area contributed by atoms with Crippen LogP contribution in [0.25, 0.3) is 6.08 Å². The fraction of sp³-hybridized carbons (Fsp3) is 0. The lowest BCUT2D eigenvalue weighted by atomic mass is 10.3. The third-order valence-electron chi connectivity index (χ3n) is 1.63. The van der Waals surface area contributed by atoms with Crippen molar-refractivity contribution in [2.45, 2.75) is 0 Å². The number of nitrogens with one attached hydrogen (secondary N) is 1. The average Bonchev–Trinajstić information content (AvgIpc) is 2.75. The van der Waals surface area contributed by atoms with Crippen LogP contribution in [0.1, 0.15) is 5.76 Å². The molecule has 0 fully saturated rings. The highest BCUT2D eigenvalue weighted by atomic mass is 16.3. The van der Waals surface area contributed by atoms with E-state index in [1.165, 1.54) is 12.2 Å². The molecule has 17 heavy (non-hydrogen) atoms. The molecule has 0 spiro atoms. The van der Waals surface area contributed by atoms with Crippen LogP contribution in [0.4, 0.5) is 4.79 Å². The Balaban J connectivity index is 2.33. The van der Waals surface area contributed by atoms with Crippen molar-refractivity contribution in [1.29, 1.82) is 0 Å². The Hall–Kier alpha value is -2.56. The van der Waals surface area contributed by atoms with Gasteiger partial charge in [0.1, 0.15) is 5.76 Å². The van der Waals surface area contributed by atoms with Gasteiger partial charge in [-0.15, -0.1) is 0 Å². The molecule has 88 valence electrons. The number of urea groups is 1. The minimum atomic E-state index is -0.874. The topological polar surface area (TPSA) is 85.3 Å². The smallest absolute Gasteiger partial charge is 0.319 e. The molecule has 1 aromatic rings. The van der Waals surface area contributed by atoms with E-state index in [9.17, 15) is 9.59 Å². The molecule has 0 saturated carbocycles. The van der Waals surface area contributed by atoms with E-state index in [-0.39, 0.29) is 0 Å². The van der Waals surface area contributed by atoms with Crippen LogP contribution in [-0.4, -0.2) is 11.9 Å². The molecule has 5 heteroatoms. The number of carbonyl (C=O) groups excluding carboxylic acids is 2. The standard InChI is InChI=1S/C12H12N2O3/c13-12(16)14-11(15)8-4-2-1-3-6-10-7-5-9-17-10/h1-9H,(H3,13,14,15,16). The van der Waals surface area contributed by atoms with Gasteiger partial charge in [0.2, 0.25) is 0 Å². The van der Waals surface area contributed by atoms with Crippen LogP contribution in [-0.2, 0) is 4.79 Å². The summed E-state index contributed by atoms with van der Waals surface area (Å²) in [4.78, 5) is 21.2. The maximum atomic E-state index is 10.9. The first-order valence-corrected chi connectivity index (χ1v) is 4.84. The van der Waals surface area contributed by atoms with Crippen LogP contribution in [0.2, 0.25) is 0 Å². The lowest BCUT2D eigenvalue weighted by molar-refractivity contribution is -0.115. The number of rotatable bonds is 4. The van der Waals surface area contributed by atoms with E-state index in [4.69, 9.17) is 10.2 Å². The number of primary amides is 1. The summed E-state index contributed by atoms with van der Waals surface area (Å²) in [5.41, 5.74) is 4.76. The third-order valence-corrected chi connectivity index (χ3v) is 1.63. The molecular weight excluding hydrogens is 220 g/mol. The predicted octanol–water partition coefficient (Wildman–Crippen LogP) is 1.60. The minimum Gasteiger partial charge on any atom is -0.465 e. The highest BCUT2D eigenvalue weighted by molar-refractivity contribution is 5.99. The molecule has 0 aliphatic heterocycles. The monoisotopic (exact) mass is 232 g/mol. The van der Waals surface area contributed by atoms with Gasteiger partial charge < -0.3 is 10.2 Å². The van der Waals surface area contributed by atoms with E-state index in [0.29, 0.717) is 0 Å². The van der Waals surface area contributed by atoms with E-state index in [1.54, 1.807) is 36.6 Å². The van der Waals surface area contributed by atoms with Gasteiger partial charge in [-0.1, -0.05) is 24.3 Å². The van der Waals surface area contributed by atoms with Gasteiger partial charge in [0.05, 0.1) is 6.26 Å². The largest absolute Gasteiger partial charge is 0.465 e. The van der Waals surface area contributed by atoms with E-state index < -0.39 is 11.9 Å². The summed E-state index contributed by atoms with van der Waals surface area (Å²) in [7, 11) is 0. The Kier molecular flexibility index (Phi) is 5.03. The summed E-state index contributed by atoms with van der Waals surface area (Å²) in [6.07, 6.45) is 11.2. The second-order valence-corrected chi connectivity index (χ2v) is 2.97. The summed E-state index contributed by atoms with van der Waals surface area (Å²) in [6, 6.07) is 2.74. The number of hydrogen-bond acceptors (Lipinski definition) is 3. The molecule has 0 unspecified atom stereocenters. The van der Waals surface area contributed by atoms with Crippen molar-refractivity contribution < 1.29 is 14.0 Å². The number of allylic oxidation sites excluding steroid dienone is 4. The van der Waals surface area contributed by atoms with Crippen molar-refractivity contribution in [2.75, 3.05) is 0 Å². The molecule has 0 atom stereocenters. The minimum absolute atomic E-state index is 0.558. The van der Waals surface area contributed by atoms with Gasteiger partial charge >= 0.3 is 6.03 Å². The molecule has 1 aromatic heterocycles. The van der Waals surface area contributed by atoms with Crippen molar-refractivity contribution in [2.24, 2.45) is 5.73 Å². The number of imide groups is 1. The van der Waals surface area contributed by atoms with Gasteiger partial charge in [-0.2, -0.15) is 0 Å². The molecule has 0 aromatic carbocycles. The van der Waals surface area contributed by atoms with Crippen LogP contribution in [0.3, 0.4) is 0 Å². The van der Waals surface area contributed by atoms with Crippen molar-refractivity contribution >= 4 is 18.0 Å². The zero-order valence-electron chi connectivity index (χ0n) is 9.00. The van der Waals surface area contributed by atoms with E-state index in [1.807, 2.05) is 11.4 Å². The number of furan rings is 1. The first-order chi connectivity index (χ1) is 8.18. The normalized spacial score (nSPS) is 11.5. The zero-order chi connectivity index (χ0) is 12.5. The molecule has 3 N–H and O–H groups in total. The van der Waals surface area contributed by atoms with Crippen molar-refractivity contribution in [3.63, 3.8) is 0 Å². The third kappa shape index (κ3) is 5.78. The summed E-state index contributed by atoms with van der Waals surface area (Å²) >= 11 is 0. The quantitative estimate of drug-likeness (QED) is 0.610. The lowest BCUT2D eigenvalue weighted by Crippen LogP contribution is -2.33. The highest BCUT2D eigenvalue weighted by Gasteiger charge is 1.95. The van der Waals surface area contributed by atoms with Gasteiger partial charge in [0, 0.05) is 6.08 Å². The van der Waals surface area contributed by atoms with E-state index in [0.717, 1.165) is 5.76 Å². The Labute approximate surface area is 98.3 Å². The Morgan fingerprint density at radius 3 is 2.65 bits per heavy atom. The second-order valence-electron chi connectivity index (χ2n) is 2.97. The van der Waals surface area contributed by atoms with Gasteiger partial charge in [-0.3, -0.25) is 10.1 Å². The van der Waals surface area contributed by atoms with E-state index >= 15 is 0 Å². The van der Waals surface area contributed by atoms with Gasteiger partial charge in [-0.25, -0.2) is 4.79 Å². The van der Waals surface area contributed by atoms with Crippen LogP contribution in [0.5, 0.6) is 0 Å². The SMILES string of the molecule is NC(=O)NC(=O)C=CC=CC=Cc1ccco1. The number of hydrogen-bond donors (Lipinski definition) is 2. The fourth-order valence-corrected chi connectivity index (χ4v) is 0.971. The second kappa shape index (κ2) is 6.84. The van der Waals surface area contributed by atoms with Crippen molar-refractivity contribution in [1.82, 2.24) is 5.32 Å². The predicted molar refractivity (Wildman–Crippen MR) is 63.7 cm³/mol. The maximum Gasteiger partial charge on any atom is 0.319 e. The average molecular weight is 232 g/mol. The van der Waals surface area contributed by atoms with Crippen LogP contribution >= 0.6 is 0 Å². The Morgan fingerprint density at radius 1 is 1.24 bits per heavy atom. The number of amides is 3. The summed E-state index contributed by atoms with van der Waals surface area (Å²) in [6.45, 7) is 0. The molecule has 0 saturated heterocycles. The Bertz CT molecular complexity index is 456. The molecule has 1 heterocycles. The highest BCUT2D eigenvalue weighted by Crippen LogP contribution is 2.01. The van der Waals surface area contributed by atoms with Gasteiger partial charge in [0.15, 0.2) is 0 Å². The molecule has 0 aliphatic carbocycles.